The molecule has 0 atom stereocenters. The van der Waals surface area contributed by atoms with E-state index in [0.717, 1.165) is 53.8 Å². The molecule has 1 saturated heterocycles. The van der Waals surface area contributed by atoms with Crippen LogP contribution in [0.5, 0.6) is 0 Å². The van der Waals surface area contributed by atoms with Gasteiger partial charge in [0.2, 0.25) is 15.9 Å². The molecule has 0 saturated carbocycles. The van der Waals surface area contributed by atoms with Crippen LogP contribution in [0.25, 0.3) is 11.0 Å². The summed E-state index contributed by atoms with van der Waals surface area (Å²) in [5, 5.41) is 3.06. The smallest absolute Gasteiger partial charge is 0.243 e. The Balaban J connectivity index is 1.50. The molecule has 4 rings (SSSR count). The van der Waals surface area contributed by atoms with Crippen molar-refractivity contribution in [1.82, 2.24) is 13.9 Å². The SMILES string of the molecule is CCc1cccc(C)c1NC(=O)CCc1nc2cc(S(=O)(=O)N3CCCCC3)ccc2n1C. The number of hydrogen-bond donors (Lipinski definition) is 1. The zero-order valence-corrected chi connectivity index (χ0v) is 20.4. The number of imidazole rings is 1. The second kappa shape index (κ2) is 9.65. The highest BCUT2D eigenvalue weighted by Crippen LogP contribution is 2.25. The van der Waals surface area contributed by atoms with E-state index in [2.05, 4.69) is 17.2 Å². The van der Waals surface area contributed by atoms with Crippen molar-refractivity contribution in [3.63, 3.8) is 0 Å². The Morgan fingerprint density at radius 3 is 2.61 bits per heavy atom. The van der Waals surface area contributed by atoms with Gasteiger partial charge >= 0.3 is 0 Å². The number of sulfonamides is 1. The van der Waals surface area contributed by atoms with Crippen LogP contribution in [0.1, 0.15) is 49.6 Å². The summed E-state index contributed by atoms with van der Waals surface area (Å²) in [5.74, 6) is 0.701. The Morgan fingerprint density at radius 2 is 1.88 bits per heavy atom. The van der Waals surface area contributed by atoms with E-state index in [1.807, 2.05) is 42.8 Å². The molecule has 1 amide bonds. The molecule has 1 N–H and O–H groups in total. The Kier molecular flexibility index (Phi) is 6.86. The molecule has 0 unspecified atom stereocenters. The van der Waals surface area contributed by atoms with Crippen LogP contribution < -0.4 is 5.32 Å². The number of anilines is 1. The van der Waals surface area contributed by atoms with Crippen LogP contribution in [0.3, 0.4) is 0 Å². The molecule has 2 aromatic carbocycles. The molecule has 0 spiro atoms. The van der Waals surface area contributed by atoms with Crippen molar-refractivity contribution in [3.8, 4) is 0 Å². The molecule has 3 aromatic rings. The van der Waals surface area contributed by atoms with Crippen molar-refractivity contribution in [2.45, 2.75) is 57.3 Å². The molecule has 33 heavy (non-hydrogen) atoms. The van der Waals surface area contributed by atoms with Crippen LogP contribution in [-0.4, -0.2) is 41.3 Å². The van der Waals surface area contributed by atoms with Crippen molar-refractivity contribution >= 4 is 32.7 Å². The summed E-state index contributed by atoms with van der Waals surface area (Å²) in [7, 11) is -1.61. The fourth-order valence-electron chi connectivity index (χ4n) is 4.50. The first kappa shape index (κ1) is 23.4. The van der Waals surface area contributed by atoms with Crippen LogP contribution in [0, 0.1) is 6.92 Å². The summed E-state index contributed by atoms with van der Waals surface area (Å²) in [6.07, 6.45) is 4.50. The van der Waals surface area contributed by atoms with Crippen molar-refractivity contribution in [1.29, 1.82) is 0 Å². The number of benzene rings is 2. The maximum absolute atomic E-state index is 13.0. The van der Waals surface area contributed by atoms with Gasteiger partial charge in [-0.25, -0.2) is 13.4 Å². The molecule has 0 radical (unpaired) electrons. The summed E-state index contributed by atoms with van der Waals surface area (Å²) in [6.45, 7) is 5.21. The molecule has 1 aromatic heterocycles. The van der Waals surface area contributed by atoms with Gasteiger partial charge in [-0.3, -0.25) is 4.79 Å². The number of aryl methyl sites for hydroxylation is 4. The Morgan fingerprint density at radius 1 is 1.12 bits per heavy atom. The number of para-hydroxylation sites is 1. The van der Waals surface area contributed by atoms with Crippen LogP contribution in [0.15, 0.2) is 41.3 Å². The van der Waals surface area contributed by atoms with E-state index in [-0.39, 0.29) is 10.8 Å². The number of carbonyl (C=O) groups is 1. The summed E-state index contributed by atoms with van der Waals surface area (Å²) in [4.78, 5) is 17.6. The zero-order chi connectivity index (χ0) is 23.6. The maximum atomic E-state index is 13.0. The van der Waals surface area contributed by atoms with Gasteiger partial charge in [0, 0.05) is 38.7 Å². The van der Waals surface area contributed by atoms with Crippen LogP contribution in [-0.2, 0) is 34.7 Å². The van der Waals surface area contributed by atoms with E-state index in [0.29, 0.717) is 31.4 Å². The Labute approximate surface area is 195 Å². The summed E-state index contributed by atoms with van der Waals surface area (Å²) in [5.41, 5.74) is 4.55. The van der Waals surface area contributed by atoms with Gasteiger partial charge in [-0.05, 0) is 55.5 Å². The Bertz CT molecular complexity index is 1270. The summed E-state index contributed by atoms with van der Waals surface area (Å²) < 4.78 is 29.6. The molecule has 1 aliphatic heterocycles. The van der Waals surface area contributed by atoms with E-state index >= 15 is 0 Å². The minimum Gasteiger partial charge on any atom is -0.331 e. The molecule has 8 heteroatoms. The number of aromatic nitrogens is 2. The monoisotopic (exact) mass is 468 g/mol. The number of carbonyl (C=O) groups excluding carboxylic acids is 1. The van der Waals surface area contributed by atoms with Crippen molar-refractivity contribution in [2.75, 3.05) is 18.4 Å². The zero-order valence-electron chi connectivity index (χ0n) is 19.6. The predicted octanol–water partition coefficient (Wildman–Crippen LogP) is 4.19. The van der Waals surface area contributed by atoms with Gasteiger partial charge in [-0.15, -0.1) is 0 Å². The molecule has 0 aliphatic carbocycles. The standard InChI is InChI=1S/C25H32N4O3S/c1-4-19-10-8-9-18(2)25(19)27-24(30)14-13-23-26-21-17-20(11-12-22(21)28(23)3)33(31,32)29-15-6-5-7-16-29/h8-12,17H,4-7,13-16H2,1-3H3,(H,27,30). The largest absolute Gasteiger partial charge is 0.331 e. The van der Waals surface area contributed by atoms with Crippen LogP contribution in [0.4, 0.5) is 5.69 Å². The minimum absolute atomic E-state index is 0.0561. The summed E-state index contributed by atoms with van der Waals surface area (Å²) in [6, 6.07) is 11.2. The first-order chi connectivity index (χ1) is 15.8. The number of nitrogens with zero attached hydrogens (tertiary/aromatic N) is 3. The van der Waals surface area contributed by atoms with Crippen LogP contribution in [0.2, 0.25) is 0 Å². The average Bonchev–Trinajstić information content (AvgIpc) is 3.14. The number of hydrogen-bond acceptors (Lipinski definition) is 4. The van der Waals surface area contributed by atoms with Gasteiger partial charge in [0.15, 0.2) is 0 Å². The number of nitrogens with one attached hydrogen (secondary N) is 1. The van der Waals surface area contributed by atoms with Crippen molar-refractivity contribution in [2.24, 2.45) is 7.05 Å². The first-order valence-electron chi connectivity index (χ1n) is 11.6. The summed E-state index contributed by atoms with van der Waals surface area (Å²) >= 11 is 0. The molecule has 1 fully saturated rings. The molecular weight excluding hydrogens is 436 g/mol. The highest BCUT2D eigenvalue weighted by molar-refractivity contribution is 7.89. The fourth-order valence-corrected chi connectivity index (χ4v) is 6.03. The maximum Gasteiger partial charge on any atom is 0.243 e. The third-order valence-electron chi connectivity index (χ3n) is 6.48. The lowest BCUT2D eigenvalue weighted by molar-refractivity contribution is -0.116. The second-order valence-corrected chi connectivity index (χ2v) is 10.7. The topological polar surface area (TPSA) is 84.3 Å². The molecule has 7 nitrogen and oxygen atoms in total. The predicted molar refractivity (Wildman–Crippen MR) is 131 cm³/mol. The molecule has 2 heterocycles. The second-order valence-electron chi connectivity index (χ2n) is 8.71. The normalized spacial score (nSPS) is 15.1. The van der Waals surface area contributed by atoms with Crippen molar-refractivity contribution in [3.05, 3.63) is 53.3 Å². The van der Waals surface area contributed by atoms with Crippen molar-refractivity contribution < 1.29 is 13.2 Å². The number of fused-ring (bicyclic) bond motifs is 1. The highest BCUT2D eigenvalue weighted by atomic mass is 32.2. The third-order valence-corrected chi connectivity index (χ3v) is 8.37. The van der Waals surface area contributed by atoms with Gasteiger partial charge in [-0.1, -0.05) is 31.5 Å². The minimum atomic E-state index is -3.51. The van der Waals surface area contributed by atoms with Gasteiger partial charge < -0.3 is 9.88 Å². The molecule has 176 valence electrons. The molecular formula is C25H32N4O3S. The lowest BCUT2D eigenvalue weighted by Crippen LogP contribution is -2.35. The van der Waals surface area contributed by atoms with Gasteiger partial charge in [-0.2, -0.15) is 4.31 Å². The fraction of sp³-hybridized carbons (Fsp3) is 0.440. The lowest BCUT2D eigenvalue weighted by Gasteiger charge is -2.25. The van der Waals surface area contributed by atoms with Gasteiger partial charge in [0.05, 0.1) is 15.9 Å². The van der Waals surface area contributed by atoms with E-state index in [4.69, 9.17) is 0 Å². The van der Waals surface area contributed by atoms with E-state index < -0.39 is 10.0 Å². The third kappa shape index (κ3) is 4.82. The molecule has 0 bridgehead atoms. The average molecular weight is 469 g/mol. The highest BCUT2D eigenvalue weighted by Gasteiger charge is 2.26. The van der Waals surface area contributed by atoms with Gasteiger partial charge in [0.25, 0.3) is 0 Å². The van der Waals surface area contributed by atoms with E-state index in [1.54, 1.807) is 16.4 Å². The quantitative estimate of drug-likeness (QED) is 0.564. The Hall–Kier alpha value is -2.71. The number of piperidine rings is 1. The van der Waals surface area contributed by atoms with E-state index in [1.165, 1.54) is 0 Å². The number of amides is 1. The lowest BCUT2D eigenvalue weighted by atomic mass is 10.1. The first-order valence-corrected chi connectivity index (χ1v) is 13.1. The molecule has 1 aliphatic rings. The number of rotatable bonds is 7. The van der Waals surface area contributed by atoms with Gasteiger partial charge in [0.1, 0.15) is 5.82 Å². The van der Waals surface area contributed by atoms with Crippen LogP contribution >= 0.6 is 0 Å². The van der Waals surface area contributed by atoms with E-state index in [9.17, 15) is 13.2 Å².